The summed E-state index contributed by atoms with van der Waals surface area (Å²) in [6.07, 6.45) is 1.94. The number of hydrogen-bond donors (Lipinski definition) is 3. The minimum atomic E-state index is -3.89. The van der Waals surface area contributed by atoms with Crippen LogP contribution in [-0.4, -0.2) is 41.2 Å². The van der Waals surface area contributed by atoms with Gasteiger partial charge in [-0.1, -0.05) is 6.92 Å². The van der Waals surface area contributed by atoms with Crippen LogP contribution >= 0.6 is 0 Å². The third kappa shape index (κ3) is 5.37. The lowest BCUT2D eigenvalue weighted by Crippen LogP contribution is -2.51. The Bertz CT molecular complexity index is 812. The summed E-state index contributed by atoms with van der Waals surface area (Å²) in [4.78, 5) is -0.235. The highest BCUT2D eigenvalue weighted by molar-refractivity contribution is 7.92. The molecule has 0 amide bonds. The van der Waals surface area contributed by atoms with Crippen LogP contribution in [0.25, 0.3) is 0 Å². The van der Waals surface area contributed by atoms with Gasteiger partial charge in [0.15, 0.2) is 0 Å². The Morgan fingerprint density at radius 2 is 2.00 bits per heavy atom. The molecular formula is C15H24FN3O4S2. The van der Waals surface area contributed by atoms with Crippen molar-refractivity contribution in [2.75, 3.05) is 17.0 Å². The van der Waals surface area contributed by atoms with E-state index in [0.29, 0.717) is 12.8 Å². The predicted octanol–water partition coefficient (Wildman–Crippen LogP) is 1.40. The molecule has 1 heterocycles. The summed E-state index contributed by atoms with van der Waals surface area (Å²) in [5.74, 6) is -1.07. The number of halogens is 1. The van der Waals surface area contributed by atoms with Gasteiger partial charge in [-0.15, -0.1) is 0 Å². The molecule has 3 N–H and O–H groups in total. The van der Waals surface area contributed by atoms with E-state index >= 15 is 0 Å². The average Bonchev–Trinajstić information content (AvgIpc) is 2.51. The molecule has 1 aromatic carbocycles. The molecule has 0 saturated carbocycles. The van der Waals surface area contributed by atoms with Crippen molar-refractivity contribution in [1.82, 2.24) is 10.0 Å². The highest BCUT2D eigenvalue weighted by Crippen LogP contribution is 2.21. The molecular weight excluding hydrogens is 369 g/mol. The van der Waals surface area contributed by atoms with Crippen molar-refractivity contribution in [2.45, 2.75) is 50.1 Å². The summed E-state index contributed by atoms with van der Waals surface area (Å²) in [7, 11) is -7.54. The third-order valence-corrected chi connectivity index (χ3v) is 7.02. The number of nitrogens with one attached hydrogen (secondary N) is 3. The van der Waals surface area contributed by atoms with E-state index in [1.807, 2.05) is 6.92 Å². The molecule has 0 spiro atoms. The zero-order chi connectivity index (χ0) is 18.7. The van der Waals surface area contributed by atoms with Gasteiger partial charge in [0, 0.05) is 12.1 Å². The molecule has 0 radical (unpaired) electrons. The molecule has 25 heavy (non-hydrogen) atoms. The van der Waals surface area contributed by atoms with Crippen molar-refractivity contribution < 1.29 is 21.2 Å². The van der Waals surface area contributed by atoms with Gasteiger partial charge in [-0.3, -0.25) is 4.72 Å². The lowest BCUT2D eigenvalue weighted by molar-refractivity contribution is 0.349. The van der Waals surface area contributed by atoms with Crippen LogP contribution in [0.3, 0.4) is 0 Å². The van der Waals surface area contributed by atoms with E-state index in [1.54, 1.807) is 6.92 Å². The number of benzene rings is 1. The van der Waals surface area contributed by atoms with Gasteiger partial charge in [0.2, 0.25) is 20.0 Å². The molecule has 0 bridgehead atoms. The Morgan fingerprint density at radius 1 is 1.28 bits per heavy atom. The van der Waals surface area contributed by atoms with Crippen LogP contribution in [-0.2, 0) is 20.0 Å². The number of piperidine rings is 1. The molecule has 1 fully saturated rings. The maximum absolute atomic E-state index is 14.2. The molecule has 2 atom stereocenters. The second-order valence-electron chi connectivity index (χ2n) is 6.18. The molecule has 1 aromatic rings. The van der Waals surface area contributed by atoms with Crippen molar-refractivity contribution in [3.63, 3.8) is 0 Å². The minimum Gasteiger partial charge on any atom is -0.313 e. The maximum Gasteiger partial charge on any atom is 0.240 e. The van der Waals surface area contributed by atoms with Gasteiger partial charge in [-0.2, -0.15) is 0 Å². The van der Waals surface area contributed by atoms with E-state index in [2.05, 4.69) is 14.8 Å². The molecule has 10 heteroatoms. The fourth-order valence-corrected chi connectivity index (χ4v) is 5.21. The smallest absolute Gasteiger partial charge is 0.240 e. The highest BCUT2D eigenvalue weighted by Gasteiger charge is 2.27. The Morgan fingerprint density at radius 3 is 2.60 bits per heavy atom. The quantitative estimate of drug-likeness (QED) is 0.649. The summed E-state index contributed by atoms with van der Waals surface area (Å²) >= 11 is 0. The fraction of sp³-hybridized carbons (Fsp3) is 0.600. The Hall–Kier alpha value is -1.23. The first-order chi connectivity index (χ1) is 11.6. The van der Waals surface area contributed by atoms with Crippen molar-refractivity contribution >= 4 is 25.7 Å². The van der Waals surface area contributed by atoms with Crippen LogP contribution in [0, 0.1) is 5.82 Å². The first kappa shape index (κ1) is 20.1. The van der Waals surface area contributed by atoms with E-state index in [9.17, 15) is 21.2 Å². The summed E-state index contributed by atoms with van der Waals surface area (Å²) in [5.41, 5.74) is -0.264. The SMILES string of the molecule is CCCS(=O)(=O)Nc1ccc(S(=O)(=O)NC2CCCNC2C)cc1F. The van der Waals surface area contributed by atoms with E-state index in [1.165, 1.54) is 6.07 Å². The first-order valence-corrected chi connectivity index (χ1v) is 11.3. The van der Waals surface area contributed by atoms with E-state index in [-0.39, 0.29) is 28.4 Å². The molecule has 7 nitrogen and oxygen atoms in total. The van der Waals surface area contributed by atoms with Crippen molar-refractivity contribution in [3.05, 3.63) is 24.0 Å². The lowest BCUT2D eigenvalue weighted by atomic mass is 10.0. The number of sulfonamides is 2. The molecule has 142 valence electrons. The van der Waals surface area contributed by atoms with E-state index in [4.69, 9.17) is 0 Å². The van der Waals surface area contributed by atoms with Gasteiger partial charge < -0.3 is 5.32 Å². The van der Waals surface area contributed by atoms with Gasteiger partial charge >= 0.3 is 0 Å². The second kappa shape index (κ2) is 7.98. The van der Waals surface area contributed by atoms with E-state index in [0.717, 1.165) is 25.1 Å². The monoisotopic (exact) mass is 393 g/mol. The van der Waals surface area contributed by atoms with Crippen LogP contribution in [0.5, 0.6) is 0 Å². The van der Waals surface area contributed by atoms with Crippen LogP contribution in [0.4, 0.5) is 10.1 Å². The zero-order valence-electron chi connectivity index (χ0n) is 14.2. The molecule has 2 rings (SSSR count). The van der Waals surface area contributed by atoms with Gasteiger partial charge in [-0.25, -0.2) is 25.9 Å². The maximum atomic E-state index is 14.2. The van der Waals surface area contributed by atoms with Crippen LogP contribution < -0.4 is 14.8 Å². The molecule has 1 aliphatic rings. The largest absolute Gasteiger partial charge is 0.313 e. The lowest BCUT2D eigenvalue weighted by Gasteiger charge is -2.30. The Kier molecular flexibility index (Phi) is 6.41. The van der Waals surface area contributed by atoms with Crippen molar-refractivity contribution in [2.24, 2.45) is 0 Å². The highest BCUT2D eigenvalue weighted by atomic mass is 32.2. The topological polar surface area (TPSA) is 104 Å². The van der Waals surface area contributed by atoms with Crippen LogP contribution in [0.1, 0.15) is 33.1 Å². The molecule has 0 aliphatic carbocycles. The van der Waals surface area contributed by atoms with Gasteiger partial charge in [0.25, 0.3) is 0 Å². The summed E-state index contributed by atoms with van der Waals surface area (Å²) in [6.45, 7) is 4.41. The van der Waals surface area contributed by atoms with Crippen LogP contribution in [0.15, 0.2) is 23.1 Å². The minimum absolute atomic E-state index is 0.0199. The average molecular weight is 394 g/mol. The summed E-state index contributed by atoms with van der Waals surface area (Å²) < 4.78 is 67.2. The predicted molar refractivity (Wildman–Crippen MR) is 94.9 cm³/mol. The van der Waals surface area contributed by atoms with E-state index < -0.39 is 25.9 Å². The van der Waals surface area contributed by atoms with Crippen molar-refractivity contribution in [1.29, 1.82) is 0 Å². The van der Waals surface area contributed by atoms with Crippen LogP contribution in [0.2, 0.25) is 0 Å². The fourth-order valence-electron chi connectivity index (χ4n) is 2.71. The molecule has 0 aromatic heterocycles. The standard InChI is InChI=1S/C15H24FN3O4S2/c1-3-9-24(20,21)18-15-7-6-12(10-13(15)16)25(22,23)19-14-5-4-8-17-11(14)2/h6-7,10-11,14,17-19H,3-5,8-9H2,1-2H3. The van der Waals surface area contributed by atoms with Gasteiger partial charge in [-0.05, 0) is 50.9 Å². The second-order valence-corrected chi connectivity index (χ2v) is 9.73. The third-order valence-electron chi connectivity index (χ3n) is 4.06. The molecule has 1 aliphatic heterocycles. The summed E-state index contributed by atoms with van der Waals surface area (Å²) in [5, 5.41) is 3.19. The Labute approximate surface area is 148 Å². The number of rotatable bonds is 7. The number of hydrogen-bond acceptors (Lipinski definition) is 5. The van der Waals surface area contributed by atoms with Gasteiger partial charge in [0.1, 0.15) is 5.82 Å². The van der Waals surface area contributed by atoms with Crippen molar-refractivity contribution in [3.8, 4) is 0 Å². The normalized spacial score (nSPS) is 21.9. The summed E-state index contributed by atoms with van der Waals surface area (Å²) in [6, 6.07) is 2.85. The molecule has 2 unspecified atom stereocenters. The molecule has 1 saturated heterocycles. The Balaban J connectivity index is 2.18. The zero-order valence-corrected chi connectivity index (χ0v) is 15.9. The van der Waals surface area contributed by atoms with Gasteiger partial charge in [0.05, 0.1) is 16.3 Å². The first-order valence-electron chi connectivity index (χ1n) is 8.20. The number of anilines is 1.